The van der Waals surface area contributed by atoms with Gasteiger partial charge >= 0.3 is 0 Å². The molecular weight excluding hydrogens is 404 g/mol. The summed E-state index contributed by atoms with van der Waals surface area (Å²) in [6.45, 7) is 4.97. The van der Waals surface area contributed by atoms with Crippen LogP contribution in [0.1, 0.15) is 29.8 Å². The Labute approximate surface area is 180 Å². The van der Waals surface area contributed by atoms with E-state index in [1.165, 1.54) is 43.2 Å². The van der Waals surface area contributed by atoms with Gasteiger partial charge in [0.2, 0.25) is 0 Å². The van der Waals surface area contributed by atoms with E-state index in [4.69, 9.17) is 14.6 Å². The second kappa shape index (κ2) is 9.28. The predicted molar refractivity (Wildman–Crippen MR) is 116 cm³/mol. The highest BCUT2D eigenvalue weighted by molar-refractivity contribution is 7.14. The van der Waals surface area contributed by atoms with E-state index in [9.17, 15) is 4.79 Å². The lowest BCUT2D eigenvalue weighted by atomic mass is 9.84. The monoisotopic (exact) mass is 432 g/mol. The number of benzene rings is 1. The molecule has 0 unspecified atom stereocenters. The first-order valence-corrected chi connectivity index (χ1v) is 11.2. The number of hydrogen-bond donors (Lipinski definition) is 2. The van der Waals surface area contributed by atoms with Crippen molar-refractivity contribution in [2.24, 2.45) is 5.92 Å². The first kappa shape index (κ1) is 21.0. The van der Waals surface area contributed by atoms with Crippen LogP contribution in [0.5, 0.6) is 0 Å². The number of anilines is 1. The Morgan fingerprint density at radius 1 is 1.27 bits per heavy atom. The highest BCUT2D eigenvalue weighted by Gasteiger charge is 2.35. The predicted octanol–water partition coefficient (Wildman–Crippen LogP) is 2.05. The average Bonchev–Trinajstić information content (AvgIpc) is 3.42. The number of carbonyl (C=O) groups is 2. The summed E-state index contributed by atoms with van der Waals surface area (Å²) in [5.41, 5.74) is 1.75. The minimum absolute atomic E-state index is 0.0201. The van der Waals surface area contributed by atoms with Crippen molar-refractivity contribution >= 4 is 39.7 Å². The fraction of sp³-hybridized carbons (Fsp3) is 0.571. The standard InChI is InChI=1S/C20H26N4O2S.CH2O2/c1-26-14-7-10-24(11-14)17-4-2-3-15-18(22-27-19(15)17)20(25)21-16-12-23-8-5-13(16)6-9-23;2-1-3/h2-4,13-14,16H,5-12H2,1H3,(H,21,25);1H,(H,2,3)/t14-,16+;/m0./s1. The van der Waals surface area contributed by atoms with Crippen LogP contribution in [0.15, 0.2) is 18.2 Å². The van der Waals surface area contributed by atoms with Gasteiger partial charge in [-0.2, -0.15) is 4.37 Å². The molecule has 5 heterocycles. The molecule has 4 saturated heterocycles. The Balaban J connectivity index is 0.000000687. The maximum atomic E-state index is 13.0. The summed E-state index contributed by atoms with van der Waals surface area (Å²) in [6, 6.07) is 6.46. The molecule has 8 nitrogen and oxygen atoms in total. The number of fused-ring (bicyclic) bond motifs is 4. The molecule has 6 rings (SSSR count). The van der Waals surface area contributed by atoms with Crippen LogP contribution in [0.2, 0.25) is 0 Å². The molecule has 4 fully saturated rings. The number of amides is 1. The minimum atomic E-state index is -0.250. The van der Waals surface area contributed by atoms with Crippen LogP contribution in [0, 0.1) is 5.92 Å². The highest BCUT2D eigenvalue weighted by Crippen LogP contribution is 2.35. The fourth-order valence-corrected chi connectivity index (χ4v) is 5.78. The molecule has 1 amide bonds. The second-order valence-electron chi connectivity index (χ2n) is 8.10. The van der Waals surface area contributed by atoms with E-state index in [1.54, 1.807) is 7.11 Å². The zero-order chi connectivity index (χ0) is 21.1. The van der Waals surface area contributed by atoms with Gasteiger partial charge in [0.25, 0.3) is 12.4 Å². The third-order valence-electron chi connectivity index (χ3n) is 6.48. The molecule has 162 valence electrons. The summed E-state index contributed by atoms with van der Waals surface area (Å²) in [7, 11) is 1.78. The van der Waals surface area contributed by atoms with Crippen LogP contribution in [0.25, 0.3) is 10.1 Å². The van der Waals surface area contributed by atoms with Gasteiger partial charge in [0.15, 0.2) is 0 Å². The quantitative estimate of drug-likeness (QED) is 0.714. The second-order valence-corrected chi connectivity index (χ2v) is 8.87. The first-order valence-electron chi connectivity index (χ1n) is 10.4. The molecule has 2 aromatic rings. The minimum Gasteiger partial charge on any atom is -0.483 e. The van der Waals surface area contributed by atoms with E-state index < -0.39 is 0 Å². The summed E-state index contributed by atoms with van der Waals surface area (Å²) in [5, 5.41) is 11.1. The molecule has 2 bridgehead atoms. The van der Waals surface area contributed by atoms with Gasteiger partial charge in [0.05, 0.1) is 16.5 Å². The lowest BCUT2D eigenvalue weighted by Gasteiger charge is -2.44. The van der Waals surface area contributed by atoms with E-state index in [1.807, 2.05) is 12.1 Å². The molecule has 4 aliphatic rings. The average molecular weight is 433 g/mol. The Morgan fingerprint density at radius 3 is 2.67 bits per heavy atom. The first-order chi connectivity index (χ1) is 14.6. The van der Waals surface area contributed by atoms with Crippen LogP contribution in [-0.4, -0.2) is 78.7 Å². The number of piperidine rings is 3. The number of hydrogen-bond acceptors (Lipinski definition) is 7. The van der Waals surface area contributed by atoms with Gasteiger partial charge in [-0.3, -0.25) is 9.59 Å². The SMILES string of the molecule is CO[C@H]1CCN(c2cccc3c(C(=O)N[C@@H]4CN5CCC4CC5)nsc23)C1.O=CO. The zero-order valence-corrected chi connectivity index (χ0v) is 17.9. The van der Waals surface area contributed by atoms with Crippen molar-refractivity contribution < 1.29 is 19.4 Å². The third-order valence-corrected chi connectivity index (χ3v) is 7.37. The Kier molecular flexibility index (Phi) is 6.50. The van der Waals surface area contributed by atoms with E-state index in [-0.39, 0.29) is 24.5 Å². The van der Waals surface area contributed by atoms with Crippen molar-refractivity contribution in [2.45, 2.75) is 31.4 Å². The normalized spacial score (nSPS) is 27.6. The van der Waals surface area contributed by atoms with E-state index in [2.05, 4.69) is 25.6 Å². The lowest BCUT2D eigenvalue weighted by Crippen LogP contribution is -2.57. The number of carbonyl (C=O) groups excluding carboxylic acids is 1. The number of nitrogens with one attached hydrogen (secondary N) is 1. The molecule has 2 N–H and O–H groups in total. The molecule has 1 aromatic heterocycles. The maximum Gasteiger partial charge on any atom is 0.290 e. The summed E-state index contributed by atoms with van der Waals surface area (Å²) < 4.78 is 11.2. The van der Waals surface area contributed by atoms with Gasteiger partial charge in [-0.15, -0.1) is 0 Å². The van der Waals surface area contributed by atoms with E-state index >= 15 is 0 Å². The highest BCUT2D eigenvalue weighted by atomic mass is 32.1. The van der Waals surface area contributed by atoms with Gasteiger partial charge in [-0.05, 0) is 55.9 Å². The Hall–Kier alpha value is -2.23. The van der Waals surface area contributed by atoms with Crippen molar-refractivity contribution in [1.82, 2.24) is 14.6 Å². The van der Waals surface area contributed by atoms with Crippen molar-refractivity contribution in [2.75, 3.05) is 44.7 Å². The smallest absolute Gasteiger partial charge is 0.290 e. The van der Waals surface area contributed by atoms with Gasteiger partial charge in [-0.1, -0.05) is 12.1 Å². The number of ether oxygens (including phenoxy) is 1. The fourth-order valence-electron chi connectivity index (χ4n) is 4.87. The molecule has 0 radical (unpaired) electrons. The summed E-state index contributed by atoms with van der Waals surface area (Å²) in [4.78, 5) is 26.1. The van der Waals surface area contributed by atoms with Crippen molar-refractivity contribution in [3.8, 4) is 0 Å². The Morgan fingerprint density at radius 2 is 2.03 bits per heavy atom. The maximum absolute atomic E-state index is 13.0. The molecular formula is C21H28N4O4S. The molecule has 0 aliphatic carbocycles. The van der Waals surface area contributed by atoms with Crippen LogP contribution >= 0.6 is 11.5 Å². The van der Waals surface area contributed by atoms with Crippen LogP contribution < -0.4 is 10.2 Å². The largest absolute Gasteiger partial charge is 0.483 e. The van der Waals surface area contributed by atoms with E-state index in [0.717, 1.165) is 36.1 Å². The van der Waals surface area contributed by atoms with Crippen LogP contribution in [-0.2, 0) is 9.53 Å². The van der Waals surface area contributed by atoms with Gasteiger partial charge < -0.3 is 25.0 Å². The number of nitrogens with zero attached hydrogens (tertiary/aromatic N) is 3. The van der Waals surface area contributed by atoms with Gasteiger partial charge in [0.1, 0.15) is 5.69 Å². The summed E-state index contributed by atoms with van der Waals surface area (Å²) in [5.74, 6) is 0.600. The molecule has 4 aliphatic heterocycles. The summed E-state index contributed by atoms with van der Waals surface area (Å²) >= 11 is 1.44. The van der Waals surface area contributed by atoms with Crippen LogP contribution in [0.4, 0.5) is 5.69 Å². The van der Waals surface area contributed by atoms with Gasteiger partial charge in [-0.25, -0.2) is 0 Å². The molecule has 30 heavy (non-hydrogen) atoms. The number of methoxy groups -OCH3 is 1. The lowest BCUT2D eigenvalue weighted by molar-refractivity contribution is -0.122. The van der Waals surface area contributed by atoms with Gasteiger partial charge in [0, 0.05) is 38.2 Å². The van der Waals surface area contributed by atoms with Crippen molar-refractivity contribution in [3.05, 3.63) is 23.9 Å². The molecule has 2 atom stereocenters. The van der Waals surface area contributed by atoms with Crippen molar-refractivity contribution in [3.63, 3.8) is 0 Å². The number of carboxylic acid groups (broad SMARTS) is 1. The topological polar surface area (TPSA) is 95.0 Å². The molecule has 9 heteroatoms. The summed E-state index contributed by atoms with van der Waals surface area (Å²) in [6.07, 6.45) is 3.72. The molecule has 0 spiro atoms. The third kappa shape index (κ3) is 4.14. The number of aromatic nitrogens is 1. The zero-order valence-electron chi connectivity index (χ0n) is 17.1. The molecule has 0 saturated carbocycles. The van der Waals surface area contributed by atoms with Crippen molar-refractivity contribution in [1.29, 1.82) is 0 Å². The molecule has 1 aromatic carbocycles. The Bertz CT molecular complexity index is 896. The van der Waals surface area contributed by atoms with Crippen LogP contribution in [0.3, 0.4) is 0 Å². The number of rotatable bonds is 4. The van der Waals surface area contributed by atoms with E-state index in [0.29, 0.717) is 11.6 Å².